The second kappa shape index (κ2) is 3.30. The molecule has 2 rings (SSSR count). The van der Waals surface area contributed by atoms with E-state index in [-0.39, 0.29) is 0 Å². The minimum Gasteiger partial charge on any atom is -0.419 e. The predicted molar refractivity (Wildman–Crippen MR) is 51.7 cm³/mol. The molecule has 1 aliphatic carbocycles. The molecule has 1 unspecified atom stereocenters. The first-order valence-electron chi connectivity index (χ1n) is 5.23. The fourth-order valence-corrected chi connectivity index (χ4v) is 2.42. The lowest BCUT2D eigenvalue weighted by atomic mass is 9.77. The standard InChI is InChI=1S/C11H16O3/c1-8-11(2,14-10(12)13-8)9-6-4-3-5-7-9/h9H,1,3-7H2,2H3. The van der Waals surface area contributed by atoms with Crippen LogP contribution in [0.15, 0.2) is 12.3 Å². The second-order valence-corrected chi connectivity index (χ2v) is 4.32. The zero-order chi connectivity index (χ0) is 10.2. The molecule has 2 aliphatic rings. The molecule has 0 aromatic heterocycles. The van der Waals surface area contributed by atoms with Crippen molar-refractivity contribution < 1.29 is 14.3 Å². The molecule has 1 atom stereocenters. The molecule has 2 fully saturated rings. The number of carbonyl (C=O) groups is 1. The maximum atomic E-state index is 11.0. The summed E-state index contributed by atoms with van der Waals surface area (Å²) in [5, 5.41) is 0. The third-order valence-electron chi connectivity index (χ3n) is 3.44. The average Bonchev–Trinajstić information content (AvgIpc) is 2.43. The molecular formula is C11H16O3. The lowest BCUT2D eigenvalue weighted by Crippen LogP contribution is -2.36. The van der Waals surface area contributed by atoms with Gasteiger partial charge in [0.1, 0.15) is 5.76 Å². The lowest BCUT2D eigenvalue weighted by molar-refractivity contribution is 0.0210. The van der Waals surface area contributed by atoms with Crippen molar-refractivity contribution in [3.63, 3.8) is 0 Å². The van der Waals surface area contributed by atoms with Crippen LogP contribution in [0.1, 0.15) is 39.0 Å². The van der Waals surface area contributed by atoms with Crippen LogP contribution in [-0.2, 0) is 9.47 Å². The van der Waals surface area contributed by atoms with E-state index in [1.165, 1.54) is 19.3 Å². The first-order chi connectivity index (χ1) is 6.63. The van der Waals surface area contributed by atoms with Crippen molar-refractivity contribution in [1.29, 1.82) is 0 Å². The van der Waals surface area contributed by atoms with Gasteiger partial charge in [-0.3, -0.25) is 0 Å². The highest BCUT2D eigenvalue weighted by atomic mass is 16.8. The van der Waals surface area contributed by atoms with E-state index in [0.29, 0.717) is 11.7 Å². The zero-order valence-corrected chi connectivity index (χ0v) is 8.54. The molecule has 3 nitrogen and oxygen atoms in total. The van der Waals surface area contributed by atoms with Gasteiger partial charge in [-0.05, 0) is 19.8 Å². The van der Waals surface area contributed by atoms with E-state index < -0.39 is 11.8 Å². The molecule has 1 heterocycles. The Bertz CT molecular complexity index is 266. The number of ether oxygens (including phenoxy) is 2. The summed E-state index contributed by atoms with van der Waals surface area (Å²) >= 11 is 0. The van der Waals surface area contributed by atoms with Gasteiger partial charge >= 0.3 is 6.16 Å². The van der Waals surface area contributed by atoms with Crippen LogP contribution >= 0.6 is 0 Å². The van der Waals surface area contributed by atoms with E-state index in [1.54, 1.807) is 0 Å². The second-order valence-electron chi connectivity index (χ2n) is 4.32. The first kappa shape index (κ1) is 9.56. The average molecular weight is 196 g/mol. The Kier molecular flexibility index (Phi) is 2.25. The predicted octanol–water partition coefficient (Wildman–Crippen LogP) is 3.01. The molecule has 78 valence electrons. The summed E-state index contributed by atoms with van der Waals surface area (Å²) in [6, 6.07) is 0. The third kappa shape index (κ3) is 1.41. The van der Waals surface area contributed by atoms with E-state index in [1.807, 2.05) is 6.92 Å². The summed E-state index contributed by atoms with van der Waals surface area (Å²) in [7, 11) is 0. The topological polar surface area (TPSA) is 35.5 Å². The maximum Gasteiger partial charge on any atom is 0.514 e. The van der Waals surface area contributed by atoms with Gasteiger partial charge in [-0.2, -0.15) is 0 Å². The summed E-state index contributed by atoms with van der Waals surface area (Å²) in [5.41, 5.74) is -0.572. The van der Waals surface area contributed by atoms with Crippen LogP contribution in [0.25, 0.3) is 0 Å². The number of rotatable bonds is 1. The lowest BCUT2D eigenvalue weighted by Gasteiger charge is -2.33. The van der Waals surface area contributed by atoms with Crippen molar-refractivity contribution in [2.75, 3.05) is 0 Å². The summed E-state index contributed by atoms with van der Waals surface area (Å²) in [6.45, 7) is 5.68. The Hall–Kier alpha value is -0.990. The molecule has 14 heavy (non-hydrogen) atoms. The van der Waals surface area contributed by atoms with Crippen LogP contribution < -0.4 is 0 Å². The SMILES string of the molecule is C=C1OC(=O)OC1(C)C1CCCCC1. The fraction of sp³-hybridized carbons (Fsp3) is 0.727. The van der Waals surface area contributed by atoms with Crippen LogP contribution in [0.3, 0.4) is 0 Å². The Morgan fingerprint density at radius 3 is 2.50 bits per heavy atom. The zero-order valence-electron chi connectivity index (χ0n) is 8.54. The summed E-state index contributed by atoms with van der Waals surface area (Å²) in [4.78, 5) is 11.0. The normalized spacial score (nSPS) is 34.1. The van der Waals surface area contributed by atoms with Gasteiger partial charge in [0.25, 0.3) is 0 Å². The van der Waals surface area contributed by atoms with E-state index in [2.05, 4.69) is 6.58 Å². The highest BCUT2D eigenvalue weighted by molar-refractivity contribution is 5.66. The highest BCUT2D eigenvalue weighted by Gasteiger charge is 2.48. The molecule has 0 aromatic carbocycles. The van der Waals surface area contributed by atoms with Gasteiger partial charge in [0.2, 0.25) is 0 Å². The minimum atomic E-state index is -0.594. The van der Waals surface area contributed by atoms with Gasteiger partial charge in [-0.25, -0.2) is 4.79 Å². The molecule has 0 spiro atoms. The van der Waals surface area contributed by atoms with Crippen LogP contribution in [0.4, 0.5) is 4.79 Å². The molecule has 1 saturated carbocycles. The van der Waals surface area contributed by atoms with Gasteiger partial charge in [0.15, 0.2) is 5.60 Å². The maximum absolute atomic E-state index is 11.0. The summed E-state index contributed by atoms with van der Waals surface area (Å²) in [6.07, 6.45) is 5.32. The van der Waals surface area contributed by atoms with Gasteiger partial charge < -0.3 is 9.47 Å². The summed E-state index contributed by atoms with van der Waals surface area (Å²) in [5.74, 6) is 0.865. The third-order valence-corrected chi connectivity index (χ3v) is 3.44. The van der Waals surface area contributed by atoms with Crippen molar-refractivity contribution in [3.8, 4) is 0 Å². The van der Waals surface area contributed by atoms with Crippen molar-refractivity contribution >= 4 is 6.16 Å². The minimum absolute atomic E-state index is 0.384. The van der Waals surface area contributed by atoms with E-state index in [4.69, 9.17) is 9.47 Å². The molecule has 0 radical (unpaired) electrons. The van der Waals surface area contributed by atoms with E-state index >= 15 is 0 Å². The van der Waals surface area contributed by atoms with Crippen LogP contribution in [0, 0.1) is 5.92 Å². The summed E-state index contributed by atoms with van der Waals surface area (Å²) < 4.78 is 10.1. The number of hydrogen-bond acceptors (Lipinski definition) is 3. The monoisotopic (exact) mass is 196 g/mol. The van der Waals surface area contributed by atoms with Gasteiger partial charge in [-0.15, -0.1) is 0 Å². The first-order valence-corrected chi connectivity index (χ1v) is 5.23. The smallest absolute Gasteiger partial charge is 0.419 e. The van der Waals surface area contributed by atoms with E-state index in [0.717, 1.165) is 12.8 Å². The van der Waals surface area contributed by atoms with Gasteiger partial charge in [0.05, 0.1) is 0 Å². The van der Waals surface area contributed by atoms with E-state index in [9.17, 15) is 4.79 Å². The Labute approximate surface area is 84.1 Å². The Morgan fingerprint density at radius 1 is 1.36 bits per heavy atom. The fourth-order valence-electron chi connectivity index (χ4n) is 2.42. The molecule has 1 aliphatic heterocycles. The molecule has 1 saturated heterocycles. The van der Waals surface area contributed by atoms with Crippen molar-refractivity contribution in [2.24, 2.45) is 5.92 Å². The van der Waals surface area contributed by atoms with Crippen molar-refractivity contribution in [1.82, 2.24) is 0 Å². The molecule has 0 aromatic rings. The van der Waals surface area contributed by atoms with Crippen LogP contribution in [-0.4, -0.2) is 11.8 Å². The van der Waals surface area contributed by atoms with Crippen LogP contribution in [0.2, 0.25) is 0 Å². The van der Waals surface area contributed by atoms with Gasteiger partial charge in [0, 0.05) is 5.92 Å². The number of carbonyl (C=O) groups excluding carboxylic acids is 1. The number of cyclic esters (lactones) is 2. The molecule has 0 N–H and O–H groups in total. The Morgan fingerprint density at radius 2 is 2.00 bits per heavy atom. The number of hydrogen-bond donors (Lipinski definition) is 0. The molecule has 0 bridgehead atoms. The quantitative estimate of drug-likeness (QED) is 0.605. The van der Waals surface area contributed by atoms with Crippen LogP contribution in [0.5, 0.6) is 0 Å². The van der Waals surface area contributed by atoms with Gasteiger partial charge in [-0.1, -0.05) is 25.8 Å². The largest absolute Gasteiger partial charge is 0.514 e. The van der Waals surface area contributed by atoms with Crippen molar-refractivity contribution in [2.45, 2.75) is 44.6 Å². The highest BCUT2D eigenvalue weighted by Crippen LogP contribution is 2.42. The Balaban J connectivity index is 2.14. The molecule has 3 heteroatoms. The molecular weight excluding hydrogens is 180 g/mol. The molecule has 0 amide bonds. The van der Waals surface area contributed by atoms with Crippen molar-refractivity contribution in [3.05, 3.63) is 12.3 Å².